The van der Waals surface area contributed by atoms with Gasteiger partial charge in [0.05, 0.1) is 23.0 Å². The molecule has 4 aromatic rings. The highest BCUT2D eigenvalue weighted by Gasteiger charge is 2.48. The van der Waals surface area contributed by atoms with E-state index in [0.717, 1.165) is 50.6 Å². The molecule has 0 radical (unpaired) electrons. The third kappa shape index (κ3) is 6.27. The minimum atomic E-state index is -0.621. The lowest BCUT2D eigenvalue weighted by molar-refractivity contribution is 0.0122. The van der Waals surface area contributed by atoms with Crippen LogP contribution in [0.25, 0.3) is 32.9 Å². The highest BCUT2D eigenvalue weighted by Crippen LogP contribution is 2.43. The van der Waals surface area contributed by atoms with Gasteiger partial charge in [-0.1, -0.05) is 31.1 Å². The molecule has 3 atom stereocenters. The van der Waals surface area contributed by atoms with E-state index in [-0.39, 0.29) is 47.7 Å². The lowest BCUT2D eigenvalue weighted by Crippen LogP contribution is -2.57. The molecule has 8 rings (SSSR count). The molecule has 0 aliphatic carbocycles. The fraction of sp³-hybridized carbons (Fsp3) is 0.476. The summed E-state index contributed by atoms with van der Waals surface area (Å²) in [6.45, 7) is 11.1. The van der Waals surface area contributed by atoms with E-state index in [1.54, 1.807) is 19.4 Å². The summed E-state index contributed by atoms with van der Waals surface area (Å²) in [6.07, 6.45) is 14.3. The number of halogens is 1. The van der Waals surface area contributed by atoms with Crippen molar-refractivity contribution in [3.8, 4) is 35.4 Å². The van der Waals surface area contributed by atoms with Crippen LogP contribution >= 0.6 is 0 Å². The van der Waals surface area contributed by atoms with Gasteiger partial charge in [0.1, 0.15) is 35.0 Å². The molecule has 0 spiro atoms. The van der Waals surface area contributed by atoms with E-state index < -0.39 is 11.4 Å². The van der Waals surface area contributed by atoms with Crippen molar-refractivity contribution in [2.75, 3.05) is 51.6 Å². The summed E-state index contributed by atoms with van der Waals surface area (Å²) in [5.74, 6) is 3.14. The molecule has 3 fully saturated rings. The molecule has 12 heteroatoms. The first kappa shape index (κ1) is 36.0. The number of piperazine rings is 1. The summed E-state index contributed by atoms with van der Waals surface area (Å²) in [5, 5.41) is 1.91. The van der Waals surface area contributed by atoms with Crippen LogP contribution in [0.2, 0.25) is 0 Å². The van der Waals surface area contributed by atoms with Gasteiger partial charge in [-0.25, -0.2) is 9.18 Å². The number of benzene rings is 2. The average molecular weight is 735 g/mol. The molecule has 2 bridgehead atoms. The number of methoxy groups -OCH3 is 1. The first-order chi connectivity index (χ1) is 26.0. The van der Waals surface area contributed by atoms with Crippen LogP contribution in [0.15, 0.2) is 48.2 Å². The van der Waals surface area contributed by atoms with Gasteiger partial charge in [0.25, 0.3) is 0 Å². The van der Waals surface area contributed by atoms with Crippen LogP contribution in [0.5, 0.6) is 11.8 Å². The van der Waals surface area contributed by atoms with E-state index in [1.807, 2.05) is 49.9 Å². The molecule has 4 aliphatic heterocycles. The second-order valence-electron chi connectivity index (χ2n) is 15.7. The summed E-state index contributed by atoms with van der Waals surface area (Å²) in [5.41, 5.74) is 1.78. The number of carbonyl (C=O) groups excluding carboxylic acids is 1. The van der Waals surface area contributed by atoms with Crippen molar-refractivity contribution in [1.29, 1.82) is 0 Å². The van der Waals surface area contributed by atoms with E-state index in [2.05, 4.69) is 28.7 Å². The molecule has 282 valence electrons. The maximum Gasteiger partial charge on any atom is 0.410 e. The van der Waals surface area contributed by atoms with E-state index in [9.17, 15) is 4.79 Å². The number of terminal acetylenes is 1. The van der Waals surface area contributed by atoms with Gasteiger partial charge >= 0.3 is 12.1 Å². The highest BCUT2D eigenvalue weighted by atomic mass is 19.1. The van der Waals surface area contributed by atoms with Gasteiger partial charge in [0, 0.05) is 49.5 Å². The molecular formula is C42H47FN6O5. The Morgan fingerprint density at radius 1 is 1.13 bits per heavy atom. The first-order valence-electron chi connectivity index (χ1n) is 18.9. The summed E-state index contributed by atoms with van der Waals surface area (Å²) >= 11 is 0. The van der Waals surface area contributed by atoms with Gasteiger partial charge in [0.15, 0.2) is 12.6 Å². The molecule has 2 aromatic carbocycles. The summed E-state index contributed by atoms with van der Waals surface area (Å²) < 4.78 is 40.7. The van der Waals surface area contributed by atoms with Crippen LogP contribution in [0.1, 0.15) is 65.4 Å². The Labute approximate surface area is 315 Å². The Bertz CT molecular complexity index is 2180. The van der Waals surface area contributed by atoms with Crippen molar-refractivity contribution in [2.45, 2.75) is 83.0 Å². The van der Waals surface area contributed by atoms with Crippen LogP contribution in [0.3, 0.4) is 0 Å². The number of hydrogen-bond donors (Lipinski definition) is 0. The maximum absolute atomic E-state index is 17.4. The quantitative estimate of drug-likeness (QED) is 0.101. The Balaban J connectivity index is 1.24. The number of carbonyl (C=O) groups is 1. The molecule has 1 amide bonds. The maximum atomic E-state index is 17.4. The second kappa shape index (κ2) is 14.0. The molecule has 6 heterocycles. The predicted molar refractivity (Wildman–Crippen MR) is 205 cm³/mol. The minimum absolute atomic E-state index is 0.0156. The van der Waals surface area contributed by atoms with Gasteiger partial charge < -0.3 is 23.8 Å². The van der Waals surface area contributed by atoms with Gasteiger partial charge in [-0.15, -0.1) is 6.42 Å². The number of pyridine rings is 1. The fourth-order valence-electron chi connectivity index (χ4n) is 9.01. The SMILES string of the molecule is C#Cc1cccc2cc(OCOC)cc(-c3ncc4c(N5CC6CCC(C5)N6C(=O)OC(C)(C)C)nc(OCC56CCCN5CC=C6CC)nc4c3F)c12. The fourth-order valence-corrected chi connectivity index (χ4v) is 9.01. The number of aromatic nitrogens is 3. The van der Waals surface area contributed by atoms with Gasteiger partial charge in [0.2, 0.25) is 0 Å². The molecule has 54 heavy (non-hydrogen) atoms. The van der Waals surface area contributed by atoms with E-state index in [1.165, 1.54) is 5.57 Å². The Kier molecular flexibility index (Phi) is 9.35. The molecule has 11 nitrogen and oxygen atoms in total. The molecule has 0 saturated carbocycles. The van der Waals surface area contributed by atoms with E-state index in [4.69, 9.17) is 40.3 Å². The number of anilines is 1. The smallest absolute Gasteiger partial charge is 0.410 e. The van der Waals surface area contributed by atoms with Crippen LogP contribution in [-0.2, 0) is 9.47 Å². The molecule has 0 N–H and O–H groups in total. The van der Waals surface area contributed by atoms with Crippen molar-refractivity contribution >= 4 is 33.6 Å². The third-order valence-corrected chi connectivity index (χ3v) is 11.3. The zero-order valence-corrected chi connectivity index (χ0v) is 31.7. The summed E-state index contributed by atoms with van der Waals surface area (Å²) in [7, 11) is 1.54. The number of rotatable bonds is 9. The number of hydrogen-bond acceptors (Lipinski definition) is 10. The summed E-state index contributed by atoms with van der Waals surface area (Å²) in [4.78, 5) is 34.3. The van der Waals surface area contributed by atoms with Gasteiger partial charge in [-0.05, 0) is 88.6 Å². The molecule has 3 unspecified atom stereocenters. The van der Waals surface area contributed by atoms with Crippen LogP contribution < -0.4 is 14.4 Å². The Hall–Kier alpha value is -4.99. The van der Waals surface area contributed by atoms with E-state index >= 15 is 4.39 Å². The molecule has 3 saturated heterocycles. The van der Waals surface area contributed by atoms with Crippen molar-refractivity contribution in [3.05, 3.63) is 59.6 Å². The lowest BCUT2D eigenvalue weighted by Gasteiger charge is -2.42. The van der Waals surface area contributed by atoms with Crippen molar-refractivity contribution in [1.82, 2.24) is 24.8 Å². The van der Waals surface area contributed by atoms with Crippen molar-refractivity contribution in [3.63, 3.8) is 0 Å². The number of amides is 1. The van der Waals surface area contributed by atoms with Crippen LogP contribution in [-0.4, -0.2) is 101 Å². The zero-order valence-electron chi connectivity index (χ0n) is 31.7. The van der Waals surface area contributed by atoms with E-state index in [0.29, 0.717) is 53.2 Å². The Morgan fingerprint density at radius 3 is 2.65 bits per heavy atom. The van der Waals surface area contributed by atoms with Gasteiger partial charge in [-0.3, -0.25) is 14.8 Å². The second-order valence-corrected chi connectivity index (χ2v) is 15.7. The van der Waals surface area contributed by atoms with Crippen molar-refractivity contribution in [2.24, 2.45) is 0 Å². The average Bonchev–Trinajstić information content (AvgIpc) is 3.80. The normalized spacial score (nSPS) is 22.4. The monoisotopic (exact) mass is 734 g/mol. The zero-order chi connectivity index (χ0) is 37.8. The van der Waals surface area contributed by atoms with Gasteiger partial charge in [-0.2, -0.15) is 9.97 Å². The Morgan fingerprint density at radius 2 is 1.93 bits per heavy atom. The number of fused-ring (bicyclic) bond motifs is 5. The van der Waals surface area contributed by atoms with Crippen molar-refractivity contribution < 1.29 is 28.1 Å². The summed E-state index contributed by atoms with van der Waals surface area (Å²) in [6, 6.07) is 9.10. The molecule has 4 aliphatic rings. The lowest BCUT2D eigenvalue weighted by atomic mass is 9.88. The predicted octanol–water partition coefficient (Wildman–Crippen LogP) is 7.10. The minimum Gasteiger partial charge on any atom is -0.468 e. The van der Waals surface area contributed by atoms with Crippen LogP contribution in [0.4, 0.5) is 15.0 Å². The largest absolute Gasteiger partial charge is 0.468 e. The highest BCUT2D eigenvalue weighted by molar-refractivity contribution is 6.03. The first-order valence-corrected chi connectivity index (χ1v) is 18.9. The number of ether oxygens (including phenoxy) is 4. The standard InChI is InChI=1S/C42H47FN6O5/c1-7-26-11-9-12-27-19-31(53-25-51-6)20-32(34(26)27)36-35(43)37-33(21-44-36)38(47-22-29-13-14-30(23-47)49(29)40(50)54-41(3,4)5)46-39(45-37)52-24-42-16-10-17-48(42)18-15-28(42)8-2/h1,9,11-12,15,19-21,29-30H,8,10,13-14,16-18,22-25H2,2-6H3. The molecule has 2 aromatic heterocycles. The topological polar surface area (TPSA) is 102 Å². The molecular weight excluding hydrogens is 687 g/mol. The van der Waals surface area contributed by atoms with Crippen LogP contribution in [0, 0.1) is 18.2 Å². The third-order valence-electron chi connectivity index (χ3n) is 11.3. The number of nitrogens with zero attached hydrogens (tertiary/aromatic N) is 6.